The van der Waals surface area contributed by atoms with Crippen LogP contribution in [-0.4, -0.2) is 61.3 Å². The van der Waals surface area contributed by atoms with Gasteiger partial charge in [-0.05, 0) is 55.7 Å². The van der Waals surface area contributed by atoms with E-state index >= 15 is 0 Å². The van der Waals surface area contributed by atoms with Gasteiger partial charge in [0.05, 0.1) is 22.9 Å². The second-order valence-corrected chi connectivity index (χ2v) is 8.71. The van der Waals surface area contributed by atoms with Gasteiger partial charge in [0.2, 0.25) is 0 Å². The maximum Gasteiger partial charge on any atom is 0.337 e. The van der Waals surface area contributed by atoms with Crippen molar-refractivity contribution in [3.8, 4) is 0 Å². The molecule has 0 saturated heterocycles. The zero-order chi connectivity index (χ0) is 22.4. The van der Waals surface area contributed by atoms with E-state index in [9.17, 15) is 9.59 Å². The van der Waals surface area contributed by atoms with Gasteiger partial charge >= 0.3 is 5.97 Å². The van der Waals surface area contributed by atoms with E-state index in [1.54, 1.807) is 40.9 Å². The van der Waals surface area contributed by atoms with Gasteiger partial charge in [0.25, 0.3) is 5.91 Å². The van der Waals surface area contributed by atoms with Crippen LogP contribution in [0.1, 0.15) is 34.6 Å². The fraction of sp³-hybridized carbons (Fsp3) is 0.348. The van der Waals surface area contributed by atoms with E-state index in [2.05, 4.69) is 18.7 Å². The van der Waals surface area contributed by atoms with Crippen LogP contribution < -0.4 is 4.90 Å². The number of hydrogen-bond acceptors (Lipinski definition) is 7. The van der Waals surface area contributed by atoms with Crippen molar-refractivity contribution in [2.75, 3.05) is 44.4 Å². The number of ether oxygens (including phenoxy) is 1. The summed E-state index contributed by atoms with van der Waals surface area (Å²) in [4.78, 5) is 35.1. The quantitative estimate of drug-likeness (QED) is 0.340. The fourth-order valence-electron chi connectivity index (χ4n) is 3.28. The molecule has 0 fully saturated rings. The standard InChI is InChI=1S/C23H27N3O3S2/c1-5-25(6-2)14-15-26(21(27)16-10-12-17(13-11-16)22(28)29-3)23-24-20-18(30-4)8-7-9-19(20)31-23/h7-13H,5-6,14-15H2,1-4H3. The number of carbonyl (C=O) groups is 2. The van der Waals surface area contributed by atoms with Crippen LogP contribution in [-0.2, 0) is 4.74 Å². The first-order valence-corrected chi connectivity index (χ1v) is 12.2. The number of thiazole rings is 1. The Morgan fingerprint density at radius 2 is 1.71 bits per heavy atom. The maximum atomic E-state index is 13.5. The molecule has 3 aromatic rings. The maximum absolute atomic E-state index is 13.5. The lowest BCUT2D eigenvalue weighted by molar-refractivity contribution is 0.0600. The molecule has 0 radical (unpaired) electrons. The molecule has 0 spiro atoms. The summed E-state index contributed by atoms with van der Waals surface area (Å²) in [6.07, 6.45) is 2.03. The van der Waals surface area contributed by atoms with E-state index in [1.807, 2.05) is 24.5 Å². The monoisotopic (exact) mass is 457 g/mol. The van der Waals surface area contributed by atoms with Gasteiger partial charge in [-0.25, -0.2) is 9.78 Å². The van der Waals surface area contributed by atoms with Gasteiger partial charge in [-0.2, -0.15) is 0 Å². The summed E-state index contributed by atoms with van der Waals surface area (Å²) in [5, 5.41) is 0.686. The number of para-hydroxylation sites is 1. The average Bonchev–Trinajstić information content (AvgIpc) is 3.25. The Labute approximate surface area is 191 Å². The van der Waals surface area contributed by atoms with Crippen LogP contribution in [0, 0.1) is 0 Å². The Hall–Kier alpha value is -2.42. The van der Waals surface area contributed by atoms with Crippen molar-refractivity contribution in [1.29, 1.82) is 0 Å². The normalized spacial score (nSPS) is 11.1. The first-order chi connectivity index (χ1) is 15.0. The second kappa shape index (κ2) is 10.7. The van der Waals surface area contributed by atoms with E-state index in [1.165, 1.54) is 18.4 Å². The third kappa shape index (κ3) is 5.26. The molecular formula is C23H27N3O3S2. The summed E-state index contributed by atoms with van der Waals surface area (Å²) in [6, 6.07) is 12.7. The van der Waals surface area contributed by atoms with Crippen molar-refractivity contribution in [2.24, 2.45) is 0 Å². The molecule has 0 saturated carbocycles. The SMILES string of the molecule is CCN(CC)CCN(C(=O)c1ccc(C(=O)OC)cc1)c1nc2c(SC)cccc2s1. The highest BCUT2D eigenvalue weighted by Crippen LogP contribution is 2.34. The molecule has 0 aliphatic rings. The molecule has 164 valence electrons. The Balaban J connectivity index is 1.96. The summed E-state index contributed by atoms with van der Waals surface area (Å²) in [5.74, 6) is -0.554. The Morgan fingerprint density at radius 1 is 1.03 bits per heavy atom. The van der Waals surface area contributed by atoms with Crippen molar-refractivity contribution in [3.63, 3.8) is 0 Å². The summed E-state index contributed by atoms with van der Waals surface area (Å²) in [6.45, 7) is 7.36. The van der Waals surface area contributed by atoms with Crippen molar-refractivity contribution < 1.29 is 14.3 Å². The summed E-state index contributed by atoms with van der Waals surface area (Å²) < 4.78 is 5.81. The molecule has 0 bridgehead atoms. The van der Waals surface area contributed by atoms with E-state index in [-0.39, 0.29) is 5.91 Å². The van der Waals surface area contributed by atoms with Crippen molar-refractivity contribution in [3.05, 3.63) is 53.6 Å². The first-order valence-electron chi connectivity index (χ1n) is 10.2. The van der Waals surface area contributed by atoms with Crippen LogP contribution in [0.15, 0.2) is 47.4 Å². The zero-order valence-corrected chi connectivity index (χ0v) is 19.9. The molecule has 6 nitrogen and oxygen atoms in total. The van der Waals surface area contributed by atoms with Crippen LogP contribution in [0.25, 0.3) is 10.2 Å². The number of methoxy groups -OCH3 is 1. The lowest BCUT2D eigenvalue weighted by Crippen LogP contribution is -2.38. The minimum absolute atomic E-state index is 0.131. The molecular weight excluding hydrogens is 430 g/mol. The highest BCUT2D eigenvalue weighted by molar-refractivity contribution is 7.98. The van der Waals surface area contributed by atoms with E-state index in [4.69, 9.17) is 9.72 Å². The predicted octanol–water partition coefficient (Wildman–Crippen LogP) is 4.79. The number of thioether (sulfide) groups is 1. The first kappa shape index (κ1) is 23.2. The van der Waals surface area contributed by atoms with Gasteiger partial charge in [0.1, 0.15) is 0 Å². The summed E-state index contributed by atoms with van der Waals surface area (Å²) in [5.41, 5.74) is 1.85. The lowest BCUT2D eigenvalue weighted by Gasteiger charge is -2.24. The summed E-state index contributed by atoms with van der Waals surface area (Å²) in [7, 11) is 1.34. The molecule has 0 atom stereocenters. The molecule has 2 aromatic carbocycles. The molecule has 31 heavy (non-hydrogen) atoms. The number of rotatable bonds is 9. The Kier molecular flexibility index (Phi) is 8.06. The van der Waals surface area contributed by atoms with Crippen LogP contribution in [0.3, 0.4) is 0 Å². The summed E-state index contributed by atoms with van der Waals surface area (Å²) >= 11 is 3.17. The molecule has 0 unspecified atom stereocenters. The third-order valence-corrected chi connectivity index (χ3v) is 6.97. The molecule has 1 aromatic heterocycles. The van der Waals surface area contributed by atoms with E-state index in [0.717, 1.165) is 34.7 Å². The van der Waals surface area contributed by atoms with Gasteiger partial charge in [-0.3, -0.25) is 9.69 Å². The highest BCUT2D eigenvalue weighted by atomic mass is 32.2. The number of nitrogens with zero attached hydrogens (tertiary/aromatic N) is 3. The molecule has 1 amide bonds. The lowest BCUT2D eigenvalue weighted by atomic mass is 10.1. The van der Waals surface area contributed by atoms with E-state index in [0.29, 0.717) is 22.8 Å². The number of benzene rings is 2. The van der Waals surface area contributed by atoms with Crippen LogP contribution in [0.4, 0.5) is 5.13 Å². The third-order valence-electron chi connectivity index (χ3n) is 5.15. The highest BCUT2D eigenvalue weighted by Gasteiger charge is 2.23. The molecule has 3 rings (SSSR count). The van der Waals surface area contributed by atoms with Gasteiger partial charge in [0, 0.05) is 23.5 Å². The number of amides is 1. The number of esters is 1. The Morgan fingerprint density at radius 3 is 2.32 bits per heavy atom. The smallest absolute Gasteiger partial charge is 0.337 e. The number of anilines is 1. The molecule has 0 aliphatic heterocycles. The van der Waals surface area contributed by atoms with Gasteiger partial charge in [-0.1, -0.05) is 31.3 Å². The largest absolute Gasteiger partial charge is 0.465 e. The Bertz CT molecular complexity index is 1050. The number of carbonyl (C=O) groups excluding carboxylic acids is 2. The van der Waals surface area contributed by atoms with Gasteiger partial charge in [-0.15, -0.1) is 11.8 Å². The van der Waals surface area contributed by atoms with Crippen LogP contribution in [0.5, 0.6) is 0 Å². The minimum atomic E-state index is -0.423. The van der Waals surface area contributed by atoms with E-state index < -0.39 is 5.97 Å². The molecule has 8 heteroatoms. The molecule has 1 heterocycles. The van der Waals surface area contributed by atoms with Gasteiger partial charge in [0.15, 0.2) is 5.13 Å². The number of hydrogen-bond donors (Lipinski definition) is 0. The molecule has 0 N–H and O–H groups in total. The fourth-order valence-corrected chi connectivity index (χ4v) is 4.92. The van der Waals surface area contributed by atoms with Crippen LogP contribution in [0.2, 0.25) is 0 Å². The number of aromatic nitrogens is 1. The average molecular weight is 458 g/mol. The molecule has 0 aliphatic carbocycles. The van der Waals surface area contributed by atoms with Crippen molar-refractivity contribution >= 4 is 50.3 Å². The topological polar surface area (TPSA) is 62.7 Å². The van der Waals surface area contributed by atoms with Gasteiger partial charge < -0.3 is 9.64 Å². The predicted molar refractivity (Wildman–Crippen MR) is 129 cm³/mol. The van der Waals surface area contributed by atoms with Crippen LogP contribution >= 0.6 is 23.1 Å². The van der Waals surface area contributed by atoms with Crippen molar-refractivity contribution in [1.82, 2.24) is 9.88 Å². The zero-order valence-electron chi connectivity index (χ0n) is 18.3. The van der Waals surface area contributed by atoms with Crippen molar-refractivity contribution in [2.45, 2.75) is 18.7 Å². The number of fused-ring (bicyclic) bond motifs is 1. The number of likely N-dealkylation sites (N-methyl/N-ethyl adjacent to an activating group) is 1. The second-order valence-electron chi connectivity index (χ2n) is 6.86. The minimum Gasteiger partial charge on any atom is -0.465 e.